The van der Waals surface area contributed by atoms with Gasteiger partial charge in [-0.25, -0.2) is 0 Å². The lowest BCUT2D eigenvalue weighted by atomic mass is 10.0. The molecule has 0 aliphatic carbocycles. The minimum atomic E-state index is -0.435. The lowest BCUT2D eigenvalue weighted by molar-refractivity contribution is -0.384. The minimum absolute atomic E-state index is 0.0189. The summed E-state index contributed by atoms with van der Waals surface area (Å²) < 4.78 is 0. The molecule has 0 saturated carbocycles. The van der Waals surface area contributed by atoms with Crippen molar-refractivity contribution >= 4 is 11.6 Å². The summed E-state index contributed by atoms with van der Waals surface area (Å²) in [5, 5.41) is 16.4. The molecule has 2 rings (SSSR count). The Morgan fingerprint density at radius 1 is 1.29 bits per heavy atom. The monoisotopic (exact) mass is 235 g/mol. The summed E-state index contributed by atoms with van der Waals surface area (Å²) in [4.78, 5) is 21.5. The fourth-order valence-electron chi connectivity index (χ4n) is 1.80. The number of piperazine rings is 1. The van der Waals surface area contributed by atoms with Crippen LogP contribution in [0.25, 0.3) is 0 Å². The Balaban J connectivity index is 2.03. The van der Waals surface area contributed by atoms with Gasteiger partial charge in [0.15, 0.2) is 0 Å². The van der Waals surface area contributed by atoms with E-state index in [9.17, 15) is 14.9 Å². The van der Waals surface area contributed by atoms with Crippen molar-refractivity contribution < 1.29 is 9.72 Å². The third kappa shape index (κ3) is 2.79. The van der Waals surface area contributed by atoms with Crippen molar-refractivity contribution in [2.24, 2.45) is 0 Å². The van der Waals surface area contributed by atoms with Crippen molar-refractivity contribution in [1.29, 1.82) is 0 Å². The van der Waals surface area contributed by atoms with Gasteiger partial charge in [0.05, 0.1) is 11.0 Å². The first-order chi connectivity index (χ1) is 8.16. The second kappa shape index (κ2) is 4.92. The molecule has 0 bridgehead atoms. The van der Waals surface area contributed by atoms with E-state index in [0.29, 0.717) is 13.0 Å². The van der Waals surface area contributed by atoms with Crippen LogP contribution in [0.1, 0.15) is 5.56 Å². The van der Waals surface area contributed by atoms with Crippen LogP contribution in [0.5, 0.6) is 0 Å². The number of non-ortho nitro benzene ring substituents is 1. The zero-order chi connectivity index (χ0) is 12.3. The second-order valence-electron chi connectivity index (χ2n) is 3.93. The van der Waals surface area contributed by atoms with Crippen molar-refractivity contribution in [3.8, 4) is 0 Å². The van der Waals surface area contributed by atoms with Crippen LogP contribution in [-0.2, 0) is 11.2 Å². The largest absolute Gasteiger partial charge is 0.353 e. The fourth-order valence-corrected chi connectivity index (χ4v) is 1.80. The highest BCUT2D eigenvalue weighted by molar-refractivity contribution is 5.82. The summed E-state index contributed by atoms with van der Waals surface area (Å²) in [5.74, 6) is -0.0189. The van der Waals surface area contributed by atoms with Crippen LogP contribution < -0.4 is 10.6 Å². The van der Waals surface area contributed by atoms with Crippen molar-refractivity contribution in [2.75, 3.05) is 13.1 Å². The summed E-state index contributed by atoms with van der Waals surface area (Å²) in [6.07, 6.45) is 0.545. The van der Waals surface area contributed by atoms with Gasteiger partial charge in [0.2, 0.25) is 5.91 Å². The summed E-state index contributed by atoms with van der Waals surface area (Å²) in [7, 11) is 0. The van der Waals surface area contributed by atoms with Gasteiger partial charge < -0.3 is 10.6 Å². The summed E-state index contributed by atoms with van der Waals surface area (Å²) >= 11 is 0. The van der Waals surface area contributed by atoms with Gasteiger partial charge in [0, 0.05) is 25.2 Å². The van der Waals surface area contributed by atoms with Gasteiger partial charge in [-0.3, -0.25) is 14.9 Å². The average Bonchev–Trinajstić information content (AvgIpc) is 2.33. The molecular formula is C11H13N3O3. The zero-order valence-electron chi connectivity index (χ0n) is 9.18. The molecule has 1 amide bonds. The number of amides is 1. The Morgan fingerprint density at radius 2 is 2.00 bits per heavy atom. The number of hydrogen-bond donors (Lipinski definition) is 2. The Morgan fingerprint density at radius 3 is 2.59 bits per heavy atom. The van der Waals surface area contributed by atoms with Crippen molar-refractivity contribution in [3.05, 3.63) is 39.9 Å². The van der Waals surface area contributed by atoms with Gasteiger partial charge in [-0.05, 0) is 12.0 Å². The highest BCUT2D eigenvalue weighted by Crippen LogP contribution is 2.13. The molecule has 17 heavy (non-hydrogen) atoms. The van der Waals surface area contributed by atoms with E-state index < -0.39 is 4.92 Å². The van der Waals surface area contributed by atoms with Gasteiger partial charge >= 0.3 is 0 Å². The van der Waals surface area contributed by atoms with Crippen LogP contribution in [0.2, 0.25) is 0 Å². The number of hydrogen-bond acceptors (Lipinski definition) is 4. The zero-order valence-corrected chi connectivity index (χ0v) is 9.18. The number of carbonyl (C=O) groups is 1. The van der Waals surface area contributed by atoms with Gasteiger partial charge in [-0.1, -0.05) is 12.1 Å². The first kappa shape index (κ1) is 11.5. The first-order valence-corrected chi connectivity index (χ1v) is 5.41. The molecule has 1 saturated heterocycles. The summed E-state index contributed by atoms with van der Waals surface area (Å²) in [6, 6.07) is 6.03. The van der Waals surface area contributed by atoms with Gasteiger partial charge in [-0.2, -0.15) is 0 Å². The van der Waals surface area contributed by atoms with E-state index >= 15 is 0 Å². The number of nitrogens with zero attached hydrogens (tertiary/aromatic N) is 1. The number of nitrogens with one attached hydrogen (secondary N) is 2. The number of nitro groups is 1. The van der Waals surface area contributed by atoms with Crippen LogP contribution in [-0.4, -0.2) is 30.0 Å². The SMILES string of the molecule is O=C1NCCN[C@@H]1Cc1ccc([N+](=O)[O-])cc1. The van der Waals surface area contributed by atoms with E-state index in [0.717, 1.165) is 12.1 Å². The number of benzene rings is 1. The molecule has 90 valence electrons. The van der Waals surface area contributed by atoms with E-state index in [1.807, 2.05) is 0 Å². The van der Waals surface area contributed by atoms with Gasteiger partial charge in [0.1, 0.15) is 0 Å². The molecule has 1 heterocycles. The summed E-state index contributed by atoms with van der Waals surface area (Å²) in [5.41, 5.74) is 0.972. The number of carbonyl (C=O) groups excluding carboxylic acids is 1. The Labute approximate surface area is 98.2 Å². The van der Waals surface area contributed by atoms with E-state index in [1.165, 1.54) is 12.1 Å². The lowest BCUT2D eigenvalue weighted by Gasteiger charge is -2.23. The topological polar surface area (TPSA) is 84.3 Å². The van der Waals surface area contributed by atoms with Crippen LogP contribution in [0, 0.1) is 10.1 Å². The first-order valence-electron chi connectivity index (χ1n) is 5.41. The molecular weight excluding hydrogens is 222 g/mol. The number of rotatable bonds is 3. The fraction of sp³-hybridized carbons (Fsp3) is 0.364. The smallest absolute Gasteiger partial charge is 0.269 e. The maximum absolute atomic E-state index is 11.5. The molecule has 1 aliphatic heterocycles. The molecule has 6 nitrogen and oxygen atoms in total. The third-order valence-corrected chi connectivity index (χ3v) is 2.72. The molecule has 1 atom stereocenters. The molecule has 2 N–H and O–H groups in total. The van der Waals surface area contributed by atoms with Crippen LogP contribution in [0.3, 0.4) is 0 Å². The third-order valence-electron chi connectivity index (χ3n) is 2.72. The molecule has 0 spiro atoms. The Kier molecular flexibility index (Phi) is 3.34. The van der Waals surface area contributed by atoms with E-state index in [1.54, 1.807) is 12.1 Å². The standard InChI is InChI=1S/C11H13N3O3/c15-11-10(12-5-6-13-11)7-8-1-3-9(4-2-8)14(16)17/h1-4,10,12H,5-7H2,(H,13,15)/t10-/m1/s1. The highest BCUT2D eigenvalue weighted by atomic mass is 16.6. The molecule has 0 radical (unpaired) electrons. The van der Waals surface area contributed by atoms with Gasteiger partial charge in [-0.15, -0.1) is 0 Å². The van der Waals surface area contributed by atoms with E-state index in [4.69, 9.17) is 0 Å². The summed E-state index contributed by atoms with van der Waals surface area (Å²) in [6.45, 7) is 1.40. The second-order valence-corrected chi connectivity index (χ2v) is 3.93. The Hall–Kier alpha value is -1.95. The van der Waals surface area contributed by atoms with E-state index in [-0.39, 0.29) is 17.6 Å². The normalized spacial score (nSPS) is 19.8. The molecule has 6 heteroatoms. The number of nitro benzene ring substituents is 1. The molecule has 1 aromatic carbocycles. The lowest BCUT2D eigenvalue weighted by Crippen LogP contribution is -2.53. The van der Waals surface area contributed by atoms with Crippen LogP contribution in [0.15, 0.2) is 24.3 Å². The van der Waals surface area contributed by atoms with E-state index in [2.05, 4.69) is 10.6 Å². The molecule has 1 fully saturated rings. The molecule has 0 aromatic heterocycles. The Bertz CT molecular complexity index is 430. The van der Waals surface area contributed by atoms with Gasteiger partial charge in [0.25, 0.3) is 5.69 Å². The van der Waals surface area contributed by atoms with Crippen molar-refractivity contribution in [3.63, 3.8) is 0 Å². The maximum atomic E-state index is 11.5. The highest BCUT2D eigenvalue weighted by Gasteiger charge is 2.21. The van der Waals surface area contributed by atoms with Crippen molar-refractivity contribution in [1.82, 2.24) is 10.6 Å². The van der Waals surface area contributed by atoms with Crippen LogP contribution in [0.4, 0.5) is 5.69 Å². The predicted molar refractivity (Wildman–Crippen MR) is 61.6 cm³/mol. The maximum Gasteiger partial charge on any atom is 0.269 e. The van der Waals surface area contributed by atoms with Crippen LogP contribution >= 0.6 is 0 Å². The molecule has 1 aromatic rings. The predicted octanol–water partition coefficient (Wildman–Crippen LogP) is 0.225. The minimum Gasteiger partial charge on any atom is -0.353 e. The van der Waals surface area contributed by atoms with Crippen molar-refractivity contribution in [2.45, 2.75) is 12.5 Å². The molecule has 1 aliphatic rings. The average molecular weight is 235 g/mol. The quantitative estimate of drug-likeness (QED) is 0.580. The molecule has 0 unspecified atom stereocenters.